The average Bonchev–Trinajstić information content (AvgIpc) is 3.12. The number of benzene rings is 1. The number of aryl methyl sites for hydroxylation is 1. The number of thiazole rings is 1. The Balaban J connectivity index is 1.62. The maximum absolute atomic E-state index is 14.3. The monoisotopic (exact) mass is 399 g/mol. The number of rotatable bonds is 7. The van der Waals surface area contributed by atoms with Crippen LogP contribution in [0.15, 0.2) is 53.9 Å². The van der Waals surface area contributed by atoms with Gasteiger partial charge in [-0.25, -0.2) is 14.4 Å². The van der Waals surface area contributed by atoms with Crippen LogP contribution in [-0.2, 0) is 13.1 Å². The third-order valence-electron chi connectivity index (χ3n) is 3.70. The maximum Gasteiger partial charge on any atom is 0.191 e. The summed E-state index contributed by atoms with van der Waals surface area (Å²) in [5, 5.41) is 7.41. The quantitative estimate of drug-likeness (QED) is 0.464. The number of nitrogens with one attached hydrogen (secondary N) is 2. The van der Waals surface area contributed by atoms with Crippen molar-refractivity contribution in [1.82, 2.24) is 20.6 Å². The molecule has 0 saturated heterocycles. The van der Waals surface area contributed by atoms with Crippen molar-refractivity contribution in [3.63, 3.8) is 0 Å². The highest BCUT2D eigenvalue weighted by molar-refractivity contribution is 7.11. The molecule has 3 aromatic rings. The molecule has 0 spiro atoms. The highest BCUT2D eigenvalue weighted by Crippen LogP contribution is 2.24. The molecule has 2 aromatic heterocycles. The molecular weight excluding hydrogens is 377 g/mol. The molecule has 0 aliphatic rings. The number of hydrogen-bond donors (Lipinski definition) is 2. The van der Waals surface area contributed by atoms with Gasteiger partial charge in [0.05, 0.1) is 19.3 Å². The van der Waals surface area contributed by atoms with Gasteiger partial charge in [0.25, 0.3) is 0 Å². The fraction of sp³-hybridized carbons (Fsp3) is 0.250. The Kier molecular flexibility index (Phi) is 6.91. The van der Waals surface area contributed by atoms with E-state index >= 15 is 0 Å². The van der Waals surface area contributed by atoms with Gasteiger partial charge in [-0.3, -0.25) is 4.98 Å². The third-order valence-corrected chi connectivity index (χ3v) is 4.61. The highest BCUT2D eigenvalue weighted by atomic mass is 32.1. The van der Waals surface area contributed by atoms with E-state index in [1.807, 2.05) is 20.0 Å². The second kappa shape index (κ2) is 9.80. The first kappa shape index (κ1) is 19.8. The van der Waals surface area contributed by atoms with Crippen molar-refractivity contribution in [1.29, 1.82) is 0 Å². The Hall–Kier alpha value is -3.00. The number of ether oxygens (including phenoxy) is 1. The zero-order valence-corrected chi connectivity index (χ0v) is 16.6. The summed E-state index contributed by atoms with van der Waals surface area (Å²) in [6, 6.07) is 8.29. The molecule has 0 unspecified atom stereocenters. The van der Waals surface area contributed by atoms with Crippen molar-refractivity contribution in [2.75, 3.05) is 6.54 Å². The van der Waals surface area contributed by atoms with Crippen LogP contribution in [0.2, 0.25) is 0 Å². The van der Waals surface area contributed by atoms with Crippen LogP contribution < -0.4 is 15.4 Å². The van der Waals surface area contributed by atoms with E-state index in [0.29, 0.717) is 24.8 Å². The molecule has 6 nitrogen and oxygen atoms in total. The van der Waals surface area contributed by atoms with Gasteiger partial charge in [-0.1, -0.05) is 6.07 Å². The molecule has 2 N–H and O–H groups in total. The Bertz CT molecular complexity index is 929. The smallest absolute Gasteiger partial charge is 0.191 e. The van der Waals surface area contributed by atoms with Crippen molar-refractivity contribution in [3.8, 4) is 11.5 Å². The summed E-state index contributed by atoms with van der Waals surface area (Å²) in [5.74, 6) is 0.868. The Morgan fingerprint density at radius 3 is 2.82 bits per heavy atom. The van der Waals surface area contributed by atoms with E-state index in [0.717, 1.165) is 17.1 Å². The van der Waals surface area contributed by atoms with E-state index in [1.165, 1.54) is 17.1 Å². The normalized spacial score (nSPS) is 11.3. The number of hydrogen-bond acceptors (Lipinski definition) is 5. The largest absolute Gasteiger partial charge is 0.453 e. The molecule has 8 heteroatoms. The predicted molar refractivity (Wildman–Crippen MR) is 109 cm³/mol. The molecule has 146 valence electrons. The standard InChI is InChI=1S/C20H22FN5OS/c1-3-23-20(26-13-19-24-10-14(2)28-19)25-11-15-6-7-18(17(21)9-15)27-16-5-4-8-22-12-16/h4-10,12H,3,11,13H2,1-2H3,(H2,23,25,26). The number of pyridine rings is 1. The molecule has 0 saturated carbocycles. The van der Waals surface area contributed by atoms with Gasteiger partial charge in [-0.05, 0) is 43.7 Å². The summed E-state index contributed by atoms with van der Waals surface area (Å²) in [6.45, 7) is 5.69. The number of aliphatic imine (C=N–C) groups is 1. The lowest BCUT2D eigenvalue weighted by molar-refractivity contribution is 0.440. The van der Waals surface area contributed by atoms with Crippen molar-refractivity contribution in [2.24, 2.45) is 4.99 Å². The molecule has 3 rings (SSSR count). The first-order valence-corrected chi connectivity index (χ1v) is 9.75. The molecule has 0 bridgehead atoms. The second-order valence-electron chi connectivity index (χ2n) is 5.97. The lowest BCUT2D eigenvalue weighted by atomic mass is 10.2. The summed E-state index contributed by atoms with van der Waals surface area (Å²) in [5.41, 5.74) is 0.748. The summed E-state index contributed by atoms with van der Waals surface area (Å²) >= 11 is 1.64. The Labute approximate surface area is 167 Å². The molecule has 0 radical (unpaired) electrons. The van der Waals surface area contributed by atoms with E-state index in [1.54, 1.807) is 41.8 Å². The van der Waals surface area contributed by atoms with Gasteiger partial charge in [0.1, 0.15) is 10.8 Å². The SMILES string of the molecule is CCNC(=NCc1ccc(Oc2cccnc2)c(F)c1)NCc1ncc(C)s1. The molecule has 0 atom stereocenters. The Morgan fingerprint density at radius 2 is 2.14 bits per heavy atom. The van der Waals surface area contributed by atoms with Crippen LogP contribution in [0.5, 0.6) is 11.5 Å². The van der Waals surface area contributed by atoms with Crippen molar-refractivity contribution in [2.45, 2.75) is 26.9 Å². The number of halogens is 1. The summed E-state index contributed by atoms with van der Waals surface area (Å²) in [6.07, 6.45) is 5.02. The van der Waals surface area contributed by atoms with Crippen LogP contribution in [0.1, 0.15) is 22.4 Å². The van der Waals surface area contributed by atoms with Gasteiger partial charge in [-0.15, -0.1) is 11.3 Å². The summed E-state index contributed by atoms with van der Waals surface area (Å²) < 4.78 is 19.9. The fourth-order valence-electron chi connectivity index (χ4n) is 2.41. The van der Waals surface area contributed by atoms with Gasteiger partial charge in [-0.2, -0.15) is 0 Å². The minimum atomic E-state index is -0.437. The van der Waals surface area contributed by atoms with Gasteiger partial charge >= 0.3 is 0 Å². The van der Waals surface area contributed by atoms with Crippen LogP contribution in [0.25, 0.3) is 0 Å². The average molecular weight is 399 g/mol. The van der Waals surface area contributed by atoms with E-state index in [4.69, 9.17) is 4.74 Å². The van der Waals surface area contributed by atoms with Crippen molar-refractivity contribution >= 4 is 17.3 Å². The lowest BCUT2D eigenvalue weighted by Gasteiger charge is -2.11. The summed E-state index contributed by atoms with van der Waals surface area (Å²) in [4.78, 5) is 14.0. The van der Waals surface area contributed by atoms with E-state index in [-0.39, 0.29) is 5.75 Å². The van der Waals surface area contributed by atoms with Crippen molar-refractivity contribution < 1.29 is 9.13 Å². The van der Waals surface area contributed by atoms with Crippen molar-refractivity contribution in [3.05, 3.63) is 70.2 Å². The van der Waals surface area contributed by atoms with E-state index in [2.05, 4.69) is 25.6 Å². The van der Waals surface area contributed by atoms with Crippen LogP contribution in [-0.4, -0.2) is 22.5 Å². The zero-order chi connectivity index (χ0) is 19.8. The second-order valence-corrected chi connectivity index (χ2v) is 7.29. The van der Waals surface area contributed by atoms with Gasteiger partial charge in [0.15, 0.2) is 17.5 Å². The van der Waals surface area contributed by atoms with Gasteiger partial charge < -0.3 is 15.4 Å². The third kappa shape index (κ3) is 5.75. The topological polar surface area (TPSA) is 71.4 Å². The molecule has 2 heterocycles. The van der Waals surface area contributed by atoms with E-state index in [9.17, 15) is 4.39 Å². The Morgan fingerprint density at radius 1 is 1.25 bits per heavy atom. The minimum Gasteiger partial charge on any atom is -0.453 e. The molecule has 0 aliphatic heterocycles. The molecule has 0 fully saturated rings. The summed E-state index contributed by atoms with van der Waals surface area (Å²) in [7, 11) is 0. The van der Waals surface area contributed by atoms with Gasteiger partial charge in [0.2, 0.25) is 0 Å². The molecule has 0 amide bonds. The first-order chi connectivity index (χ1) is 13.6. The molecular formula is C20H22FN5OS. The van der Waals surface area contributed by atoms with Gasteiger partial charge in [0, 0.05) is 23.8 Å². The number of guanidine groups is 1. The zero-order valence-electron chi connectivity index (χ0n) is 15.8. The maximum atomic E-state index is 14.3. The number of aromatic nitrogens is 2. The predicted octanol–water partition coefficient (Wildman–Crippen LogP) is 4.03. The fourth-order valence-corrected chi connectivity index (χ4v) is 3.14. The number of nitrogens with zero attached hydrogens (tertiary/aromatic N) is 3. The van der Waals surface area contributed by atoms with Crippen LogP contribution in [0.3, 0.4) is 0 Å². The molecule has 28 heavy (non-hydrogen) atoms. The lowest BCUT2D eigenvalue weighted by Crippen LogP contribution is -2.36. The van der Waals surface area contributed by atoms with Crippen LogP contribution in [0.4, 0.5) is 4.39 Å². The molecule has 0 aliphatic carbocycles. The highest BCUT2D eigenvalue weighted by Gasteiger charge is 2.07. The first-order valence-electron chi connectivity index (χ1n) is 8.94. The minimum absolute atomic E-state index is 0.157. The van der Waals surface area contributed by atoms with Crippen LogP contribution >= 0.6 is 11.3 Å². The van der Waals surface area contributed by atoms with Crippen LogP contribution in [0, 0.1) is 12.7 Å². The van der Waals surface area contributed by atoms with E-state index < -0.39 is 5.82 Å². The molecule has 1 aromatic carbocycles.